The summed E-state index contributed by atoms with van der Waals surface area (Å²) in [6.45, 7) is 0.386. The third kappa shape index (κ3) is 2.37. The van der Waals surface area contributed by atoms with Crippen molar-refractivity contribution in [2.45, 2.75) is 18.6 Å². The number of benzene rings is 1. The van der Waals surface area contributed by atoms with Crippen LogP contribution in [0.4, 0.5) is 4.79 Å². The van der Waals surface area contributed by atoms with E-state index in [1.165, 1.54) is 0 Å². The van der Waals surface area contributed by atoms with Gasteiger partial charge < -0.3 is 15.4 Å². The molecule has 1 amide bonds. The van der Waals surface area contributed by atoms with Crippen molar-refractivity contribution >= 4 is 17.7 Å². The smallest absolute Gasteiger partial charge is 0.410 e. The van der Waals surface area contributed by atoms with Crippen LogP contribution in [0, 0.1) is 0 Å². The van der Waals surface area contributed by atoms with Gasteiger partial charge in [-0.1, -0.05) is 29.8 Å². The van der Waals surface area contributed by atoms with Crippen molar-refractivity contribution in [3.63, 3.8) is 0 Å². The molecule has 2 rings (SSSR count). The van der Waals surface area contributed by atoms with Gasteiger partial charge in [-0.15, -0.1) is 0 Å². The fraction of sp³-hybridized carbons (Fsp3) is 0.417. The fourth-order valence-electron chi connectivity index (χ4n) is 2.04. The Morgan fingerprint density at radius 1 is 1.47 bits per heavy atom. The Bertz CT molecular complexity index is 425. The SMILES string of the molecule is CN1C(=O)OC(Cc2ccccc2Cl)C1CN. The maximum Gasteiger partial charge on any atom is 0.410 e. The van der Waals surface area contributed by atoms with Gasteiger partial charge in [-0.2, -0.15) is 0 Å². The number of amides is 1. The predicted octanol–water partition coefficient (Wildman–Crippen LogP) is 1.66. The predicted molar refractivity (Wildman–Crippen MR) is 66.0 cm³/mol. The van der Waals surface area contributed by atoms with Crippen LogP contribution in [0.5, 0.6) is 0 Å². The molecule has 4 nitrogen and oxygen atoms in total. The average molecular weight is 255 g/mol. The van der Waals surface area contributed by atoms with Crippen LogP contribution < -0.4 is 5.73 Å². The molecule has 1 aromatic rings. The van der Waals surface area contributed by atoms with Crippen molar-refractivity contribution in [1.82, 2.24) is 4.90 Å². The molecule has 0 saturated carbocycles. The molecule has 0 aliphatic carbocycles. The summed E-state index contributed by atoms with van der Waals surface area (Å²) in [5, 5.41) is 0.689. The second-order valence-corrected chi connectivity index (χ2v) is 4.54. The van der Waals surface area contributed by atoms with Crippen LogP contribution in [0.15, 0.2) is 24.3 Å². The standard InChI is InChI=1S/C12H15ClN2O2/c1-15-10(7-14)11(17-12(15)16)6-8-4-2-3-5-9(8)13/h2-5,10-11H,6-7,14H2,1H3. The van der Waals surface area contributed by atoms with Crippen molar-refractivity contribution < 1.29 is 9.53 Å². The minimum Gasteiger partial charge on any atom is -0.443 e. The zero-order chi connectivity index (χ0) is 12.4. The first-order valence-electron chi connectivity index (χ1n) is 5.50. The van der Waals surface area contributed by atoms with Crippen molar-refractivity contribution in [2.75, 3.05) is 13.6 Å². The zero-order valence-corrected chi connectivity index (χ0v) is 10.4. The highest BCUT2D eigenvalue weighted by molar-refractivity contribution is 6.31. The lowest BCUT2D eigenvalue weighted by Crippen LogP contribution is -2.40. The molecule has 2 atom stereocenters. The maximum atomic E-state index is 11.4. The number of halogens is 1. The van der Waals surface area contributed by atoms with Crippen molar-refractivity contribution in [2.24, 2.45) is 5.73 Å². The number of rotatable bonds is 3. The van der Waals surface area contributed by atoms with Crippen LogP contribution in [-0.2, 0) is 11.2 Å². The molecule has 1 saturated heterocycles. The van der Waals surface area contributed by atoms with Crippen molar-refractivity contribution in [3.8, 4) is 0 Å². The molecule has 1 heterocycles. The first-order valence-corrected chi connectivity index (χ1v) is 5.88. The Morgan fingerprint density at radius 3 is 2.82 bits per heavy atom. The van der Waals surface area contributed by atoms with Crippen LogP contribution in [0.1, 0.15) is 5.56 Å². The van der Waals surface area contributed by atoms with E-state index in [2.05, 4.69) is 0 Å². The number of nitrogens with zero attached hydrogens (tertiary/aromatic N) is 1. The Morgan fingerprint density at radius 2 is 2.18 bits per heavy atom. The summed E-state index contributed by atoms with van der Waals surface area (Å²) in [6.07, 6.45) is 0.0485. The van der Waals surface area contributed by atoms with Gasteiger partial charge in [0, 0.05) is 25.0 Å². The minimum absolute atomic E-state index is 0.0845. The molecule has 5 heteroatoms. The molecule has 0 aromatic heterocycles. The summed E-state index contributed by atoms with van der Waals surface area (Å²) in [5.74, 6) is 0. The summed E-state index contributed by atoms with van der Waals surface area (Å²) < 4.78 is 5.28. The highest BCUT2D eigenvalue weighted by Gasteiger charge is 2.38. The van der Waals surface area contributed by atoms with E-state index in [-0.39, 0.29) is 18.2 Å². The molecule has 0 spiro atoms. The lowest BCUT2D eigenvalue weighted by atomic mass is 10.0. The van der Waals surface area contributed by atoms with E-state index in [4.69, 9.17) is 22.1 Å². The molecule has 1 fully saturated rings. The van der Waals surface area contributed by atoms with E-state index in [0.717, 1.165) is 5.56 Å². The second-order valence-electron chi connectivity index (χ2n) is 4.13. The summed E-state index contributed by atoms with van der Waals surface area (Å²) >= 11 is 6.08. The largest absolute Gasteiger partial charge is 0.443 e. The molecule has 2 N–H and O–H groups in total. The Hall–Kier alpha value is -1.26. The highest BCUT2D eigenvalue weighted by Crippen LogP contribution is 2.24. The van der Waals surface area contributed by atoms with Crippen LogP contribution in [-0.4, -0.2) is 36.7 Å². The Kier molecular flexibility index (Phi) is 3.54. The highest BCUT2D eigenvalue weighted by atomic mass is 35.5. The monoisotopic (exact) mass is 254 g/mol. The molecule has 1 aliphatic rings. The lowest BCUT2D eigenvalue weighted by molar-refractivity contribution is 0.130. The quantitative estimate of drug-likeness (QED) is 0.893. The molecular formula is C12H15ClN2O2. The molecule has 2 unspecified atom stereocenters. The van der Waals surface area contributed by atoms with E-state index >= 15 is 0 Å². The van der Waals surface area contributed by atoms with E-state index < -0.39 is 0 Å². The molecule has 1 aliphatic heterocycles. The number of carbonyl (C=O) groups excluding carboxylic acids is 1. The normalized spacial score (nSPS) is 23.9. The van der Waals surface area contributed by atoms with Crippen LogP contribution >= 0.6 is 11.6 Å². The molecular weight excluding hydrogens is 240 g/mol. The molecule has 92 valence electrons. The number of nitrogens with two attached hydrogens (primary N) is 1. The van der Waals surface area contributed by atoms with Gasteiger partial charge in [0.25, 0.3) is 0 Å². The third-order valence-electron chi connectivity index (χ3n) is 3.09. The fourth-order valence-corrected chi connectivity index (χ4v) is 2.26. The number of likely N-dealkylation sites (N-methyl/N-ethyl adjacent to an activating group) is 1. The van der Waals surface area contributed by atoms with Gasteiger partial charge in [-0.3, -0.25) is 0 Å². The second kappa shape index (κ2) is 4.94. The van der Waals surface area contributed by atoms with Crippen LogP contribution in [0.3, 0.4) is 0 Å². The average Bonchev–Trinajstić information content (AvgIpc) is 2.58. The van der Waals surface area contributed by atoms with Gasteiger partial charge in [0.15, 0.2) is 0 Å². The van der Waals surface area contributed by atoms with Gasteiger partial charge >= 0.3 is 6.09 Å². The first kappa shape index (κ1) is 12.2. The zero-order valence-electron chi connectivity index (χ0n) is 9.60. The summed E-state index contributed by atoms with van der Waals surface area (Å²) in [6, 6.07) is 7.47. The van der Waals surface area contributed by atoms with Crippen LogP contribution in [0.25, 0.3) is 0 Å². The molecule has 0 bridgehead atoms. The van der Waals surface area contributed by atoms with Crippen molar-refractivity contribution in [3.05, 3.63) is 34.9 Å². The Labute approximate surface area is 105 Å². The van der Waals surface area contributed by atoms with Gasteiger partial charge in [0.05, 0.1) is 6.04 Å². The number of ether oxygens (including phenoxy) is 1. The van der Waals surface area contributed by atoms with E-state index in [0.29, 0.717) is 18.0 Å². The van der Waals surface area contributed by atoms with Gasteiger partial charge in [-0.05, 0) is 11.6 Å². The topological polar surface area (TPSA) is 55.6 Å². The lowest BCUT2D eigenvalue weighted by Gasteiger charge is -2.19. The van der Waals surface area contributed by atoms with Gasteiger partial charge in [-0.25, -0.2) is 4.79 Å². The van der Waals surface area contributed by atoms with Gasteiger partial charge in [0.2, 0.25) is 0 Å². The van der Waals surface area contributed by atoms with E-state index in [1.54, 1.807) is 11.9 Å². The number of cyclic esters (lactones) is 1. The number of hydrogen-bond donors (Lipinski definition) is 1. The van der Waals surface area contributed by atoms with E-state index in [1.807, 2.05) is 24.3 Å². The molecule has 17 heavy (non-hydrogen) atoms. The molecule has 1 aromatic carbocycles. The summed E-state index contributed by atoms with van der Waals surface area (Å²) in [7, 11) is 1.70. The third-order valence-corrected chi connectivity index (χ3v) is 3.46. The van der Waals surface area contributed by atoms with Crippen LogP contribution in [0.2, 0.25) is 5.02 Å². The number of hydrogen-bond acceptors (Lipinski definition) is 3. The summed E-state index contributed by atoms with van der Waals surface area (Å²) in [4.78, 5) is 13.0. The number of carbonyl (C=O) groups is 1. The molecule has 0 radical (unpaired) electrons. The summed E-state index contributed by atoms with van der Waals surface area (Å²) in [5.41, 5.74) is 6.63. The van der Waals surface area contributed by atoms with E-state index in [9.17, 15) is 4.79 Å². The maximum absolute atomic E-state index is 11.4. The minimum atomic E-state index is -0.322. The Balaban J connectivity index is 2.14. The van der Waals surface area contributed by atoms with Crippen molar-refractivity contribution in [1.29, 1.82) is 0 Å². The van der Waals surface area contributed by atoms with Gasteiger partial charge in [0.1, 0.15) is 6.10 Å². The first-order chi connectivity index (χ1) is 8.13.